The Hall–Kier alpha value is -2.00. The first-order valence-electron chi connectivity index (χ1n) is 8.44. The van der Waals surface area contributed by atoms with Crippen LogP contribution in [0.25, 0.3) is 0 Å². The van der Waals surface area contributed by atoms with E-state index in [0.717, 1.165) is 24.5 Å². The summed E-state index contributed by atoms with van der Waals surface area (Å²) >= 11 is 0. The summed E-state index contributed by atoms with van der Waals surface area (Å²) in [4.78, 5) is 0. The first kappa shape index (κ1) is 15.9. The third-order valence-corrected chi connectivity index (χ3v) is 4.51. The molecule has 2 aromatic carbocycles. The zero-order chi connectivity index (χ0) is 16.1. The molecule has 3 rings (SSSR count). The van der Waals surface area contributed by atoms with Gasteiger partial charge in [0.15, 0.2) is 11.5 Å². The van der Waals surface area contributed by atoms with E-state index in [1.165, 1.54) is 11.1 Å². The molecule has 0 radical (unpaired) electrons. The molecule has 3 heteroatoms. The van der Waals surface area contributed by atoms with Crippen LogP contribution in [0, 0.1) is 0 Å². The second-order valence-corrected chi connectivity index (χ2v) is 6.07. The summed E-state index contributed by atoms with van der Waals surface area (Å²) < 4.78 is 11.3. The minimum atomic E-state index is 0.391. The largest absolute Gasteiger partial charge is 0.486 e. The Labute approximate surface area is 138 Å². The van der Waals surface area contributed by atoms with Gasteiger partial charge in [-0.15, -0.1) is 0 Å². The number of fused-ring (bicyclic) bond motifs is 1. The third-order valence-electron chi connectivity index (χ3n) is 4.51. The lowest BCUT2D eigenvalue weighted by atomic mass is 9.89. The minimum Gasteiger partial charge on any atom is -0.486 e. The molecule has 0 saturated carbocycles. The van der Waals surface area contributed by atoms with Crippen LogP contribution in [0.5, 0.6) is 11.5 Å². The van der Waals surface area contributed by atoms with Crippen molar-refractivity contribution in [3.05, 3.63) is 59.7 Å². The quantitative estimate of drug-likeness (QED) is 0.870. The summed E-state index contributed by atoms with van der Waals surface area (Å²) in [6.07, 6.45) is 1.09. The minimum absolute atomic E-state index is 0.391. The smallest absolute Gasteiger partial charge is 0.161 e. The van der Waals surface area contributed by atoms with Gasteiger partial charge >= 0.3 is 0 Å². The van der Waals surface area contributed by atoms with Crippen LogP contribution in [0.2, 0.25) is 0 Å². The van der Waals surface area contributed by atoms with Crippen molar-refractivity contribution in [3.63, 3.8) is 0 Å². The Morgan fingerprint density at radius 2 is 1.74 bits per heavy atom. The maximum absolute atomic E-state index is 5.72. The molecule has 0 fully saturated rings. The Morgan fingerprint density at radius 1 is 1.00 bits per heavy atom. The standard InChI is InChI=1S/C20H25NO2/c1-3-18(15(2)21-14-16-7-5-4-6-8-16)17-9-10-19-20(13-17)23-12-11-22-19/h4-10,13,15,18,21H,3,11-12,14H2,1-2H3/t15-,18+/m1/s1. The van der Waals surface area contributed by atoms with Crippen LogP contribution < -0.4 is 14.8 Å². The van der Waals surface area contributed by atoms with Crippen molar-refractivity contribution in [2.75, 3.05) is 13.2 Å². The lowest BCUT2D eigenvalue weighted by Crippen LogP contribution is -2.31. The van der Waals surface area contributed by atoms with Crippen molar-refractivity contribution in [1.82, 2.24) is 5.32 Å². The van der Waals surface area contributed by atoms with Gasteiger partial charge in [0, 0.05) is 12.6 Å². The molecule has 0 aliphatic carbocycles. The van der Waals surface area contributed by atoms with Crippen LogP contribution in [-0.4, -0.2) is 19.3 Å². The molecule has 2 aromatic rings. The molecule has 0 unspecified atom stereocenters. The number of ether oxygens (including phenoxy) is 2. The predicted molar refractivity (Wildman–Crippen MR) is 93.2 cm³/mol. The molecular weight excluding hydrogens is 286 g/mol. The fourth-order valence-corrected chi connectivity index (χ4v) is 3.19. The van der Waals surface area contributed by atoms with Gasteiger partial charge < -0.3 is 14.8 Å². The lowest BCUT2D eigenvalue weighted by Gasteiger charge is -2.26. The second kappa shape index (κ2) is 7.51. The molecular formula is C20H25NO2. The van der Waals surface area contributed by atoms with Gasteiger partial charge in [0.05, 0.1) is 0 Å². The number of hydrogen-bond donors (Lipinski definition) is 1. The molecule has 1 heterocycles. The van der Waals surface area contributed by atoms with Crippen LogP contribution >= 0.6 is 0 Å². The van der Waals surface area contributed by atoms with Gasteiger partial charge in [-0.1, -0.05) is 43.3 Å². The Morgan fingerprint density at radius 3 is 2.48 bits per heavy atom. The molecule has 23 heavy (non-hydrogen) atoms. The summed E-state index contributed by atoms with van der Waals surface area (Å²) in [5.74, 6) is 2.19. The summed E-state index contributed by atoms with van der Waals surface area (Å²) in [5.41, 5.74) is 2.63. The molecule has 2 atom stereocenters. The molecule has 0 aromatic heterocycles. The second-order valence-electron chi connectivity index (χ2n) is 6.07. The molecule has 1 aliphatic rings. The van der Waals surface area contributed by atoms with Crippen LogP contribution in [0.15, 0.2) is 48.5 Å². The predicted octanol–water partition coefficient (Wildman–Crippen LogP) is 4.13. The SMILES string of the molecule is CC[C@H](c1ccc2c(c1)OCCO2)[C@@H](C)NCc1ccccc1. The van der Waals surface area contributed by atoms with E-state index < -0.39 is 0 Å². The van der Waals surface area contributed by atoms with Crippen LogP contribution in [0.3, 0.4) is 0 Å². The average Bonchev–Trinajstić information content (AvgIpc) is 2.61. The van der Waals surface area contributed by atoms with Gasteiger partial charge in [-0.2, -0.15) is 0 Å². The maximum atomic E-state index is 5.72. The Balaban J connectivity index is 1.68. The fraction of sp³-hybridized carbons (Fsp3) is 0.400. The highest BCUT2D eigenvalue weighted by molar-refractivity contribution is 5.45. The first-order valence-corrected chi connectivity index (χ1v) is 8.44. The normalized spacial score (nSPS) is 15.9. The van der Waals surface area contributed by atoms with E-state index in [2.05, 4.69) is 61.6 Å². The molecule has 0 amide bonds. The average molecular weight is 311 g/mol. The van der Waals surface area contributed by atoms with E-state index in [4.69, 9.17) is 9.47 Å². The van der Waals surface area contributed by atoms with Gasteiger partial charge in [0.25, 0.3) is 0 Å². The van der Waals surface area contributed by atoms with Crippen LogP contribution in [-0.2, 0) is 6.54 Å². The lowest BCUT2D eigenvalue weighted by molar-refractivity contribution is 0.171. The zero-order valence-corrected chi connectivity index (χ0v) is 13.9. The third kappa shape index (κ3) is 3.85. The van der Waals surface area contributed by atoms with E-state index in [0.29, 0.717) is 25.2 Å². The van der Waals surface area contributed by atoms with Gasteiger partial charge in [0.1, 0.15) is 13.2 Å². The molecule has 0 saturated heterocycles. The number of hydrogen-bond acceptors (Lipinski definition) is 3. The summed E-state index contributed by atoms with van der Waals surface area (Å²) in [5, 5.41) is 3.66. The van der Waals surface area contributed by atoms with Crippen molar-refractivity contribution in [3.8, 4) is 11.5 Å². The highest BCUT2D eigenvalue weighted by Crippen LogP contribution is 2.35. The summed E-state index contributed by atoms with van der Waals surface area (Å²) in [6.45, 7) is 6.66. The van der Waals surface area contributed by atoms with Crippen molar-refractivity contribution < 1.29 is 9.47 Å². The molecule has 1 N–H and O–H groups in total. The van der Waals surface area contributed by atoms with Gasteiger partial charge in [0.2, 0.25) is 0 Å². The van der Waals surface area contributed by atoms with E-state index in [9.17, 15) is 0 Å². The van der Waals surface area contributed by atoms with E-state index in [1.54, 1.807) is 0 Å². The number of rotatable bonds is 6. The van der Waals surface area contributed by atoms with E-state index in [-0.39, 0.29) is 0 Å². The topological polar surface area (TPSA) is 30.5 Å². The van der Waals surface area contributed by atoms with E-state index >= 15 is 0 Å². The van der Waals surface area contributed by atoms with Crippen molar-refractivity contribution >= 4 is 0 Å². The van der Waals surface area contributed by atoms with Crippen molar-refractivity contribution in [2.45, 2.75) is 38.8 Å². The van der Waals surface area contributed by atoms with Crippen LogP contribution in [0.1, 0.15) is 37.3 Å². The molecule has 0 spiro atoms. The van der Waals surface area contributed by atoms with Crippen LogP contribution in [0.4, 0.5) is 0 Å². The Kier molecular flexibility index (Phi) is 5.19. The monoisotopic (exact) mass is 311 g/mol. The van der Waals surface area contributed by atoms with Crippen molar-refractivity contribution in [2.24, 2.45) is 0 Å². The van der Waals surface area contributed by atoms with Gasteiger partial charge in [-0.25, -0.2) is 0 Å². The van der Waals surface area contributed by atoms with Gasteiger partial charge in [-0.3, -0.25) is 0 Å². The highest BCUT2D eigenvalue weighted by Gasteiger charge is 2.20. The fourth-order valence-electron chi connectivity index (χ4n) is 3.19. The molecule has 122 valence electrons. The molecule has 1 aliphatic heterocycles. The van der Waals surface area contributed by atoms with Gasteiger partial charge in [-0.05, 0) is 42.5 Å². The maximum Gasteiger partial charge on any atom is 0.161 e. The first-order chi connectivity index (χ1) is 11.3. The van der Waals surface area contributed by atoms with E-state index in [1.807, 2.05) is 6.07 Å². The summed E-state index contributed by atoms with van der Waals surface area (Å²) in [6, 6.07) is 17.3. The highest BCUT2D eigenvalue weighted by atomic mass is 16.6. The number of benzene rings is 2. The zero-order valence-electron chi connectivity index (χ0n) is 13.9. The Bertz CT molecular complexity index is 627. The molecule has 3 nitrogen and oxygen atoms in total. The molecule has 0 bridgehead atoms. The number of nitrogens with one attached hydrogen (secondary N) is 1. The van der Waals surface area contributed by atoms with Crippen molar-refractivity contribution in [1.29, 1.82) is 0 Å². The summed E-state index contributed by atoms with van der Waals surface area (Å²) in [7, 11) is 0.